The van der Waals surface area contributed by atoms with Gasteiger partial charge in [-0.25, -0.2) is 0 Å². The minimum absolute atomic E-state index is 0.464. The van der Waals surface area contributed by atoms with Crippen LogP contribution in [0, 0.1) is 18.3 Å². The van der Waals surface area contributed by atoms with Crippen LogP contribution in [0.15, 0.2) is 18.2 Å². The van der Waals surface area contributed by atoms with Gasteiger partial charge in [-0.2, -0.15) is 5.26 Å². The molecule has 0 bridgehead atoms. The predicted molar refractivity (Wildman–Crippen MR) is 60.8 cm³/mol. The molecule has 1 aromatic heterocycles. The maximum absolute atomic E-state index is 8.83. The maximum atomic E-state index is 8.83. The van der Waals surface area contributed by atoms with Crippen LogP contribution in [0.4, 0.5) is 0 Å². The summed E-state index contributed by atoms with van der Waals surface area (Å²) in [5, 5.41) is 9.96. The van der Waals surface area contributed by atoms with Crippen LogP contribution < -0.4 is 0 Å². The average molecular weight is 222 g/mol. The lowest BCUT2D eigenvalue weighted by molar-refractivity contribution is 1.43. The van der Waals surface area contributed by atoms with Crippen LogP contribution in [0.5, 0.6) is 0 Å². The van der Waals surface area contributed by atoms with Crippen LogP contribution in [-0.4, -0.2) is 0 Å². The Morgan fingerprint density at radius 3 is 2.86 bits per heavy atom. The van der Waals surface area contributed by atoms with Gasteiger partial charge in [0.05, 0.1) is 11.6 Å². The van der Waals surface area contributed by atoms with Crippen molar-refractivity contribution in [3.05, 3.63) is 34.2 Å². The molecule has 2 rings (SSSR count). The van der Waals surface area contributed by atoms with E-state index in [1.807, 2.05) is 12.1 Å². The highest BCUT2D eigenvalue weighted by Gasteiger charge is 2.06. The predicted octanol–water partition coefficient (Wildman–Crippen LogP) is 3.82. The molecule has 0 aliphatic carbocycles. The molecule has 0 saturated carbocycles. The number of benzene rings is 1. The number of halogens is 1. The molecule has 0 radical (unpaired) electrons. The molecule has 0 amide bonds. The van der Waals surface area contributed by atoms with Crippen molar-refractivity contribution >= 4 is 33.0 Å². The lowest BCUT2D eigenvalue weighted by Gasteiger charge is -1.98. The summed E-state index contributed by atoms with van der Waals surface area (Å²) < 4.78 is 1.21. The molecule has 0 saturated heterocycles. The van der Waals surface area contributed by atoms with Crippen LogP contribution in [-0.2, 0) is 5.88 Å². The van der Waals surface area contributed by atoms with Crippen molar-refractivity contribution in [2.24, 2.45) is 0 Å². The number of hydrogen-bond acceptors (Lipinski definition) is 2. The van der Waals surface area contributed by atoms with E-state index in [4.69, 9.17) is 16.9 Å². The first kappa shape index (κ1) is 9.51. The van der Waals surface area contributed by atoms with Gasteiger partial charge >= 0.3 is 0 Å². The Bertz CT molecular complexity index is 522. The number of fused-ring (bicyclic) bond motifs is 1. The van der Waals surface area contributed by atoms with E-state index >= 15 is 0 Å². The van der Waals surface area contributed by atoms with Gasteiger partial charge in [-0.1, -0.05) is 0 Å². The highest BCUT2D eigenvalue weighted by Crippen LogP contribution is 2.30. The zero-order chi connectivity index (χ0) is 10.1. The molecule has 70 valence electrons. The Labute approximate surface area is 91.5 Å². The van der Waals surface area contributed by atoms with Crippen molar-refractivity contribution in [3.63, 3.8) is 0 Å². The molecule has 1 heterocycles. The van der Waals surface area contributed by atoms with Crippen molar-refractivity contribution in [1.82, 2.24) is 0 Å². The van der Waals surface area contributed by atoms with Gasteiger partial charge < -0.3 is 0 Å². The molecule has 0 aliphatic rings. The number of aryl methyl sites for hydroxylation is 1. The highest BCUT2D eigenvalue weighted by atomic mass is 35.5. The summed E-state index contributed by atoms with van der Waals surface area (Å²) in [5.41, 5.74) is 1.74. The second-order valence-electron chi connectivity index (χ2n) is 3.16. The number of thiophene rings is 1. The molecule has 0 fully saturated rings. The quantitative estimate of drug-likeness (QED) is 0.672. The normalized spacial score (nSPS) is 10.4. The number of rotatable bonds is 1. The summed E-state index contributed by atoms with van der Waals surface area (Å²) in [6.45, 7) is 2.06. The van der Waals surface area contributed by atoms with E-state index in [-0.39, 0.29) is 0 Å². The van der Waals surface area contributed by atoms with Crippen LogP contribution in [0.3, 0.4) is 0 Å². The van der Waals surface area contributed by atoms with Crippen molar-refractivity contribution in [2.75, 3.05) is 0 Å². The van der Waals surface area contributed by atoms with Crippen LogP contribution >= 0.6 is 22.9 Å². The van der Waals surface area contributed by atoms with E-state index in [0.29, 0.717) is 11.4 Å². The van der Waals surface area contributed by atoms with Gasteiger partial charge in [-0.05, 0) is 36.1 Å². The highest BCUT2D eigenvalue weighted by molar-refractivity contribution is 7.19. The minimum atomic E-state index is 0.464. The largest absolute Gasteiger partial charge is 0.192 e. The molecule has 3 heteroatoms. The maximum Gasteiger partial charge on any atom is 0.0991 e. The SMILES string of the molecule is Cc1cc2cc(C#N)cc(CCl)c2s1. The molecular formula is C11H8ClNS. The van der Waals surface area contributed by atoms with Crippen LogP contribution in [0.2, 0.25) is 0 Å². The second kappa shape index (κ2) is 3.61. The van der Waals surface area contributed by atoms with E-state index in [1.165, 1.54) is 9.58 Å². The molecular weight excluding hydrogens is 214 g/mol. The van der Waals surface area contributed by atoms with E-state index in [1.54, 1.807) is 11.3 Å². The summed E-state index contributed by atoms with van der Waals surface area (Å²) in [7, 11) is 0. The molecule has 0 spiro atoms. The van der Waals surface area contributed by atoms with Gasteiger partial charge in [0.2, 0.25) is 0 Å². The molecule has 2 aromatic rings. The fraction of sp³-hybridized carbons (Fsp3) is 0.182. The Kier molecular flexibility index (Phi) is 2.45. The Morgan fingerprint density at radius 1 is 1.43 bits per heavy atom. The first-order chi connectivity index (χ1) is 6.74. The zero-order valence-corrected chi connectivity index (χ0v) is 9.25. The lowest BCUT2D eigenvalue weighted by atomic mass is 10.1. The monoisotopic (exact) mass is 221 g/mol. The molecule has 0 aliphatic heterocycles. The van der Waals surface area contributed by atoms with Gasteiger partial charge in [0.15, 0.2) is 0 Å². The topological polar surface area (TPSA) is 23.8 Å². The smallest absolute Gasteiger partial charge is 0.0991 e. The molecule has 1 nitrogen and oxygen atoms in total. The first-order valence-electron chi connectivity index (χ1n) is 4.23. The third-order valence-corrected chi connectivity index (χ3v) is 3.52. The van der Waals surface area contributed by atoms with E-state index in [9.17, 15) is 0 Å². The fourth-order valence-corrected chi connectivity index (χ4v) is 2.81. The summed E-state index contributed by atoms with van der Waals surface area (Å²) in [6.07, 6.45) is 0. The van der Waals surface area contributed by atoms with Crippen molar-refractivity contribution in [2.45, 2.75) is 12.8 Å². The van der Waals surface area contributed by atoms with Gasteiger partial charge in [0, 0.05) is 15.5 Å². The Morgan fingerprint density at radius 2 is 2.21 bits per heavy atom. The number of nitrogens with zero attached hydrogens (tertiary/aromatic N) is 1. The average Bonchev–Trinajstić information content (AvgIpc) is 2.56. The fourth-order valence-electron chi connectivity index (χ4n) is 1.52. The Hall–Kier alpha value is -1.04. The number of alkyl halides is 1. The first-order valence-corrected chi connectivity index (χ1v) is 5.59. The van der Waals surface area contributed by atoms with Gasteiger partial charge in [-0.3, -0.25) is 0 Å². The minimum Gasteiger partial charge on any atom is -0.192 e. The summed E-state index contributed by atoms with van der Waals surface area (Å²) in [4.78, 5) is 1.25. The number of hydrogen-bond donors (Lipinski definition) is 0. The van der Waals surface area contributed by atoms with Gasteiger partial charge in [0.1, 0.15) is 0 Å². The summed E-state index contributed by atoms with van der Waals surface area (Å²) in [6, 6.07) is 8.02. The van der Waals surface area contributed by atoms with E-state index in [2.05, 4.69) is 19.1 Å². The van der Waals surface area contributed by atoms with Crippen molar-refractivity contribution in [3.8, 4) is 6.07 Å². The number of nitriles is 1. The van der Waals surface area contributed by atoms with Crippen molar-refractivity contribution in [1.29, 1.82) is 5.26 Å². The summed E-state index contributed by atoms with van der Waals surface area (Å²) in [5.74, 6) is 0.464. The third kappa shape index (κ3) is 1.50. The molecule has 0 unspecified atom stereocenters. The lowest BCUT2D eigenvalue weighted by Crippen LogP contribution is -1.81. The van der Waals surface area contributed by atoms with Crippen molar-refractivity contribution < 1.29 is 0 Å². The van der Waals surface area contributed by atoms with Crippen LogP contribution in [0.25, 0.3) is 10.1 Å². The zero-order valence-electron chi connectivity index (χ0n) is 7.67. The summed E-state index contributed by atoms with van der Waals surface area (Å²) >= 11 is 7.57. The molecule has 14 heavy (non-hydrogen) atoms. The standard InChI is InChI=1S/C11H8ClNS/c1-7-2-9-3-8(6-13)4-10(5-12)11(9)14-7/h2-4H,5H2,1H3. The molecule has 1 aromatic carbocycles. The van der Waals surface area contributed by atoms with Gasteiger partial charge in [-0.15, -0.1) is 22.9 Å². The second-order valence-corrected chi connectivity index (χ2v) is 4.68. The van der Waals surface area contributed by atoms with Crippen LogP contribution in [0.1, 0.15) is 16.0 Å². The van der Waals surface area contributed by atoms with E-state index in [0.717, 1.165) is 10.9 Å². The third-order valence-electron chi connectivity index (χ3n) is 2.09. The van der Waals surface area contributed by atoms with Gasteiger partial charge in [0.25, 0.3) is 0 Å². The Balaban J connectivity index is 2.80. The molecule has 0 N–H and O–H groups in total. The molecule has 0 atom stereocenters. The van der Waals surface area contributed by atoms with E-state index < -0.39 is 0 Å².